The highest BCUT2D eigenvalue weighted by Crippen LogP contribution is 2.33. The zero-order chi connectivity index (χ0) is 24.2. The molecular formula is C24H19N5O2S4. The van der Waals surface area contributed by atoms with E-state index in [0.29, 0.717) is 5.13 Å². The Kier molecular flexibility index (Phi) is 7.28. The first-order chi connectivity index (χ1) is 17.0. The average molecular weight is 538 g/mol. The summed E-state index contributed by atoms with van der Waals surface area (Å²) >= 11 is 5.83. The number of fused-ring (bicyclic) bond motifs is 2. The molecule has 2 N–H and O–H groups in total. The number of aromatic nitrogens is 3. The van der Waals surface area contributed by atoms with E-state index in [2.05, 4.69) is 56.1 Å². The molecule has 0 saturated carbocycles. The zero-order valence-electron chi connectivity index (χ0n) is 18.5. The Bertz CT molecular complexity index is 1530. The molecule has 0 radical (unpaired) electrons. The Morgan fingerprint density at radius 2 is 1.77 bits per heavy atom. The van der Waals surface area contributed by atoms with Gasteiger partial charge < -0.3 is 5.32 Å². The van der Waals surface area contributed by atoms with Crippen LogP contribution in [0.1, 0.15) is 12.5 Å². The molecule has 2 heterocycles. The average Bonchev–Trinajstić information content (AvgIpc) is 3.47. The van der Waals surface area contributed by atoms with Crippen LogP contribution < -0.4 is 10.6 Å². The second-order valence-electron chi connectivity index (χ2n) is 7.48. The minimum atomic E-state index is -0.157. The Hall–Kier alpha value is -2.99. The number of rotatable bonds is 8. The molecule has 11 heteroatoms. The van der Waals surface area contributed by atoms with Crippen LogP contribution in [-0.4, -0.2) is 32.7 Å². The quantitative estimate of drug-likeness (QED) is 0.178. The number of nitrogens with one attached hydrogen (secondary N) is 2. The van der Waals surface area contributed by atoms with Gasteiger partial charge in [0.25, 0.3) is 0 Å². The fraction of sp³-hybridized carbons (Fsp3) is 0.125. The van der Waals surface area contributed by atoms with Crippen molar-refractivity contribution in [3.05, 3.63) is 66.2 Å². The maximum Gasteiger partial charge on any atom is 0.236 e. The molecule has 0 atom stereocenters. The number of thiazole rings is 1. The van der Waals surface area contributed by atoms with Crippen LogP contribution in [0.4, 0.5) is 10.8 Å². The summed E-state index contributed by atoms with van der Waals surface area (Å²) in [6, 6.07) is 20.2. The van der Waals surface area contributed by atoms with E-state index in [0.717, 1.165) is 30.3 Å². The predicted octanol–water partition coefficient (Wildman–Crippen LogP) is 6.28. The topological polar surface area (TPSA) is 96.9 Å². The summed E-state index contributed by atoms with van der Waals surface area (Å²) in [7, 11) is 0. The Morgan fingerprint density at radius 3 is 2.66 bits per heavy atom. The highest BCUT2D eigenvalue weighted by atomic mass is 32.2. The third kappa shape index (κ3) is 5.99. The van der Waals surface area contributed by atoms with E-state index >= 15 is 0 Å². The van der Waals surface area contributed by atoms with E-state index in [1.807, 2.05) is 30.3 Å². The number of anilines is 2. The SMILES string of the molecule is CC(=O)Nc1ccc2nc(SCC(=O)Nc3nnc(SCc4cccc5ccccc45)s3)sc2c1. The number of hydrogen-bond acceptors (Lipinski definition) is 9. The second-order valence-corrected chi connectivity index (χ2v) is 11.9. The highest BCUT2D eigenvalue weighted by molar-refractivity contribution is 8.01. The van der Waals surface area contributed by atoms with Crippen LogP contribution in [0, 0.1) is 0 Å². The van der Waals surface area contributed by atoms with Crippen molar-refractivity contribution in [3.63, 3.8) is 0 Å². The second kappa shape index (κ2) is 10.7. The molecular weight excluding hydrogens is 519 g/mol. The minimum Gasteiger partial charge on any atom is -0.326 e. The third-order valence-corrected chi connectivity index (χ3v) is 9.08. The lowest BCUT2D eigenvalue weighted by molar-refractivity contribution is -0.114. The first kappa shape index (κ1) is 23.7. The van der Waals surface area contributed by atoms with Crippen LogP contribution >= 0.6 is 46.2 Å². The fourth-order valence-electron chi connectivity index (χ4n) is 3.41. The van der Waals surface area contributed by atoms with E-state index in [9.17, 15) is 9.59 Å². The fourth-order valence-corrected chi connectivity index (χ4v) is 7.09. The number of carbonyl (C=O) groups excluding carboxylic acids is 2. The van der Waals surface area contributed by atoms with Gasteiger partial charge in [-0.1, -0.05) is 77.3 Å². The third-order valence-electron chi connectivity index (χ3n) is 4.90. The number of hydrogen-bond donors (Lipinski definition) is 2. The van der Waals surface area contributed by atoms with Gasteiger partial charge >= 0.3 is 0 Å². The van der Waals surface area contributed by atoms with Crippen molar-refractivity contribution < 1.29 is 9.59 Å². The minimum absolute atomic E-state index is 0.119. The van der Waals surface area contributed by atoms with Crippen molar-refractivity contribution in [2.75, 3.05) is 16.4 Å². The summed E-state index contributed by atoms with van der Waals surface area (Å²) in [5.41, 5.74) is 2.81. The molecule has 176 valence electrons. The van der Waals surface area contributed by atoms with Crippen molar-refractivity contribution in [2.45, 2.75) is 21.4 Å². The van der Waals surface area contributed by atoms with Crippen LogP contribution in [0.3, 0.4) is 0 Å². The van der Waals surface area contributed by atoms with Gasteiger partial charge in [0.1, 0.15) is 0 Å². The Labute approximate surface area is 217 Å². The number of carbonyl (C=O) groups is 2. The summed E-state index contributed by atoms with van der Waals surface area (Å²) in [4.78, 5) is 28.2. The van der Waals surface area contributed by atoms with E-state index in [1.165, 1.54) is 57.7 Å². The summed E-state index contributed by atoms with van der Waals surface area (Å²) in [6.07, 6.45) is 0. The maximum atomic E-state index is 12.4. The van der Waals surface area contributed by atoms with Crippen molar-refractivity contribution in [3.8, 4) is 0 Å². The van der Waals surface area contributed by atoms with Gasteiger partial charge in [-0.2, -0.15) is 0 Å². The molecule has 0 aliphatic heterocycles. The van der Waals surface area contributed by atoms with E-state index < -0.39 is 0 Å². The molecule has 0 aliphatic carbocycles. The maximum absolute atomic E-state index is 12.4. The van der Waals surface area contributed by atoms with E-state index in [-0.39, 0.29) is 17.6 Å². The number of amides is 2. The van der Waals surface area contributed by atoms with Crippen LogP contribution in [0.15, 0.2) is 69.3 Å². The molecule has 0 saturated heterocycles. The monoisotopic (exact) mass is 537 g/mol. The predicted molar refractivity (Wildman–Crippen MR) is 147 cm³/mol. The highest BCUT2D eigenvalue weighted by Gasteiger charge is 2.12. The lowest BCUT2D eigenvalue weighted by Gasteiger charge is -2.04. The summed E-state index contributed by atoms with van der Waals surface area (Å²) in [5.74, 6) is 0.721. The molecule has 7 nitrogen and oxygen atoms in total. The van der Waals surface area contributed by atoms with Crippen molar-refractivity contribution in [1.29, 1.82) is 0 Å². The Balaban J connectivity index is 1.14. The van der Waals surface area contributed by atoms with Crippen LogP contribution in [0.2, 0.25) is 0 Å². The molecule has 5 rings (SSSR count). The summed E-state index contributed by atoms with van der Waals surface area (Å²) < 4.78 is 2.55. The van der Waals surface area contributed by atoms with E-state index in [1.54, 1.807) is 11.8 Å². The van der Waals surface area contributed by atoms with Crippen LogP contribution in [-0.2, 0) is 15.3 Å². The van der Waals surface area contributed by atoms with Crippen molar-refractivity contribution in [1.82, 2.24) is 15.2 Å². The number of nitrogens with zero attached hydrogens (tertiary/aromatic N) is 3. The van der Waals surface area contributed by atoms with Crippen LogP contribution in [0.25, 0.3) is 21.0 Å². The lowest BCUT2D eigenvalue weighted by atomic mass is 10.1. The smallest absolute Gasteiger partial charge is 0.236 e. The van der Waals surface area contributed by atoms with Crippen molar-refractivity contribution >= 4 is 89.8 Å². The Morgan fingerprint density at radius 1 is 0.914 bits per heavy atom. The molecule has 2 amide bonds. The molecule has 35 heavy (non-hydrogen) atoms. The standard InChI is InChI=1S/C24H19N5O2S4/c1-14(30)25-17-9-10-19-20(11-17)34-23(26-19)33-13-21(31)27-22-28-29-24(35-22)32-12-16-7-4-6-15-5-2-3-8-18(15)16/h2-11H,12-13H2,1H3,(H,25,30)(H,27,28,31). The molecule has 0 unspecified atom stereocenters. The largest absolute Gasteiger partial charge is 0.326 e. The molecule has 2 aromatic heterocycles. The molecule has 0 spiro atoms. The molecule has 0 fully saturated rings. The lowest BCUT2D eigenvalue weighted by Crippen LogP contribution is -2.13. The van der Waals surface area contributed by atoms with Gasteiger partial charge in [0.05, 0.1) is 16.0 Å². The zero-order valence-corrected chi connectivity index (χ0v) is 21.7. The van der Waals surface area contributed by atoms with Gasteiger partial charge in [0, 0.05) is 18.4 Å². The van der Waals surface area contributed by atoms with Gasteiger partial charge in [0.2, 0.25) is 16.9 Å². The van der Waals surface area contributed by atoms with Gasteiger partial charge in [0.15, 0.2) is 8.68 Å². The van der Waals surface area contributed by atoms with Gasteiger partial charge in [-0.15, -0.1) is 21.5 Å². The molecule has 5 aromatic rings. The van der Waals surface area contributed by atoms with E-state index in [4.69, 9.17) is 0 Å². The summed E-state index contributed by atoms with van der Waals surface area (Å²) in [5, 5.41) is 16.9. The van der Waals surface area contributed by atoms with Gasteiger partial charge in [-0.05, 0) is 34.5 Å². The first-order valence-electron chi connectivity index (χ1n) is 10.6. The number of benzene rings is 3. The van der Waals surface area contributed by atoms with Gasteiger partial charge in [-0.25, -0.2) is 4.98 Å². The van der Waals surface area contributed by atoms with Crippen molar-refractivity contribution in [2.24, 2.45) is 0 Å². The van der Waals surface area contributed by atoms with Gasteiger partial charge in [-0.3, -0.25) is 14.9 Å². The number of thioether (sulfide) groups is 2. The summed E-state index contributed by atoms with van der Waals surface area (Å²) in [6.45, 7) is 1.47. The molecule has 0 bridgehead atoms. The first-order valence-corrected chi connectivity index (χ1v) is 14.2. The van der Waals surface area contributed by atoms with Crippen LogP contribution in [0.5, 0.6) is 0 Å². The normalized spacial score (nSPS) is 11.1. The molecule has 3 aromatic carbocycles. The molecule has 0 aliphatic rings.